The van der Waals surface area contributed by atoms with E-state index >= 15 is 0 Å². The fourth-order valence-corrected chi connectivity index (χ4v) is 3.60. The number of aromatic nitrogens is 2. The van der Waals surface area contributed by atoms with Gasteiger partial charge in [0.25, 0.3) is 0 Å². The summed E-state index contributed by atoms with van der Waals surface area (Å²) in [7, 11) is -1.08. The molecule has 1 heterocycles. The van der Waals surface area contributed by atoms with Gasteiger partial charge < -0.3 is 10.6 Å². The molecule has 0 saturated heterocycles. The molecule has 0 aliphatic heterocycles. The van der Waals surface area contributed by atoms with Gasteiger partial charge in [-0.2, -0.15) is 16.7 Å². The SMILES string of the molecule is CC(=O)O/N=C(/c1ccccc1)c1ccc2nc(N)n(S(=O)(=O)N(C)C)c2c1. The van der Waals surface area contributed by atoms with E-state index < -0.39 is 16.2 Å². The summed E-state index contributed by atoms with van der Waals surface area (Å²) in [6.07, 6.45) is 0. The molecule has 0 aliphatic carbocycles. The summed E-state index contributed by atoms with van der Waals surface area (Å²) < 4.78 is 27.3. The largest absolute Gasteiger partial charge is 0.368 e. The van der Waals surface area contributed by atoms with Crippen LogP contribution >= 0.6 is 0 Å². The van der Waals surface area contributed by atoms with Crippen molar-refractivity contribution >= 4 is 38.9 Å². The van der Waals surface area contributed by atoms with Crippen LogP contribution in [0.1, 0.15) is 18.1 Å². The summed E-state index contributed by atoms with van der Waals surface area (Å²) in [5, 5.41) is 3.95. The Labute approximate surface area is 162 Å². The highest BCUT2D eigenvalue weighted by Gasteiger charge is 2.24. The Morgan fingerprint density at radius 3 is 2.43 bits per heavy atom. The highest BCUT2D eigenvalue weighted by Crippen LogP contribution is 2.24. The lowest BCUT2D eigenvalue weighted by atomic mass is 10.0. The molecule has 3 rings (SSSR count). The molecule has 0 atom stereocenters. The second kappa shape index (κ2) is 7.41. The Hall–Kier alpha value is -3.24. The molecule has 0 fully saturated rings. The van der Waals surface area contributed by atoms with Gasteiger partial charge in [-0.25, -0.2) is 9.78 Å². The van der Waals surface area contributed by atoms with Gasteiger partial charge in [-0.15, -0.1) is 0 Å². The Bertz CT molecular complexity index is 1170. The molecule has 0 spiro atoms. The van der Waals surface area contributed by atoms with Gasteiger partial charge in [-0.1, -0.05) is 41.6 Å². The summed E-state index contributed by atoms with van der Waals surface area (Å²) in [5.74, 6) is -0.724. The van der Waals surface area contributed by atoms with E-state index in [0.29, 0.717) is 22.4 Å². The van der Waals surface area contributed by atoms with Crippen LogP contribution in [0.4, 0.5) is 5.95 Å². The van der Waals surface area contributed by atoms with Crippen molar-refractivity contribution in [3.05, 3.63) is 59.7 Å². The lowest BCUT2D eigenvalue weighted by Crippen LogP contribution is -2.29. The fourth-order valence-electron chi connectivity index (χ4n) is 2.60. The number of fused-ring (bicyclic) bond motifs is 1. The van der Waals surface area contributed by atoms with Crippen LogP contribution in [0, 0.1) is 0 Å². The van der Waals surface area contributed by atoms with Gasteiger partial charge in [0.1, 0.15) is 5.71 Å². The first-order valence-corrected chi connectivity index (χ1v) is 9.64. The van der Waals surface area contributed by atoms with Crippen LogP contribution in [0.5, 0.6) is 0 Å². The Kier molecular flexibility index (Phi) is 5.16. The van der Waals surface area contributed by atoms with E-state index in [1.54, 1.807) is 30.3 Å². The predicted octanol–water partition coefficient (Wildman–Crippen LogP) is 1.59. The first-order chi connectivity index (χ1) is 13.2. The number of hydrogen-bond acceptors (Lipinski definition) is 7. The number of benzene rings is 2. The maximum atomic E-state index is 12.7. The number of imidazole rings is 1. The maximum absolute atomic E-state index is 12.7. The molecule has 0 bridgehead atoms. The normalized spacial score (nSPS) is 12.5. The molecule has 3 aromatic rings. The molecule has 9 nitrogen and oxygen atoms in total. The van der Waals surface area contributed by atoms with Gasteiger partial charge >= 0.3 is 16.2 Å². The summed E-state index contributed by atoms with van der Waals surface area (Å²) >= 11 is 0. The number of nitrogens with two attached hydrogens (primary N) is 1. The zero-order chi connectivity index (χ0) is 20.5. The average Bonchev–Trinajstić information content (AvgIpc) is 2.98. The lowest BCUT2D eigenvalue weighted by Gasteiger charge is -2.14. The number of hydrogen-bond donors (Lipinski definition) is 1. The van der Waals surface area contributed by atoms with Gasteiger partial charge in [0, 0.05) is 32.1 Å². The Morgan fingerprint density at radius 1 is 1.14 bits per heavy atom. The zero-order valence-electron chi connectivity index (χ0n) is 15.5. The van der Waals surface area contributed by atoms with E-state index in [2.05, 4.69) is 10.1 Å². The lowest BCUT2D eigenvalue weighted by molar-refractivity contribution is -0.140. The number of nitrogens with zero attached hydrogens (tertiary/aromatic N) is 4. The molecule has 0 radical (unpaired) electrons. The van der Waals surface area contributed by atoms with Gasteiger partial charge in [0.2, 0.25) is 5.95 Å². The smallest absolute Gasteiger partial charge is 0.332 e. The van der Waals surface area contributed by atoms with Crippen LogP contribution in [0.3, 0.4) is 0 Å². The van der Waals surface area contributed by atoms with E-state index in [1.165, 1.54) is 21.0 Å². The van der Waals surface area contributed by atoms with E-state index in [1.807, 2.05) is 18.2 Å². The number of carbonyl (C=O) groups excluding carboxylic acids is 1. The molecular weight excluding hydrogens is 382 g/mol. The van der Waals surface area contributed by atoms with Crippen molar-refractivity contribution in [2.24, 2.45) is 5.16 Å². The molecule has 0 saturated carbocycles. The molecular formula is C18H19N5O4S. The molecule has 0 aliphatic rings. The van der Waals surface area contributed by atoms with Crippen LogP contribution < -0.4 is 5.73 Å². The van der Waals surface area contributed by atoms with Gasteiger partial charge in [-0.05, 0) is 12.1 Å². The highest BCUT2D eigenvalue weighted by molar-refractivity contribution is 7.87. The van der Waals surface area contributed by atoms with Crippen molar-refractivity contribution in [2.45, 2.75) is 6.92 Å². The molecule has 2 N–H and O–H groups in total. The van der Waals surface area contributed by atoms with Crippen molar-refractivity contribution in [3.63, 3.8) is 0 Å². The van der Waals surface area contributed by atoms with Crippen molar-refractivity contribution < 1.29 is 18.0 Å². The minimum atomic E-state index is -3.89. The van der Waals surface area contributed by atoms with Crippen LogP contribution in [-0.2, 0) is 19.8 Å². The quantitative estimate of drug-likeness (QED) is 0.394. The van der Waals surface area contributed by atoms with Crippen LogP contribution in [0.25, 0.3) is 11.0 Å². The number of nitrogen functional groups attached to an aromatic ring is 1. The maximum Gasteiger partial charge on any atom is 0.332 e. The summed E-state index contributed by atoms with van der Waals surface area (Å²) in [6, 6.07) is 14.0. The average molecular weight is 401 g/mol. The monoisotopic (exact) mass is 401 g/mol. The minimum absolute atomic E-state index is 0.154. The van der Waals surface area contributed by atoms with Crippen LogP contribution in [-0.4, -0.2) is 47.5 Å². The van der Waals surface area contributed by atoms with Gasteiger partial charge in [-0.3, -0.25) is 0 Å². The van der Waals surface area contributed by atoms with Crippen LogP contribution in [0.15, 0.2) is 53.7 Å². The first-order valence-electron chi connectivity index (χ1n) is 8.24. The summed E-state index contributed by atoms with van der Waals surface area (Å²) in [5.41, 5.74) is 8.15. The topological polar surface area (TPSA) is 120 Å². The van der Waals surface area contributed by atoms with Gasteiger partial charge in [0.15, 0.2) is 0 Å². The van der Waals surface area contributed by atoms with Crippen molar-refractivity contribution in [2.75, 3.05) is 19.8 Å². The minimum Gasteiger partial charge on any atom is -0.368 e. The zero-order valence-corrected chi connectivity index (χ0v) is 16.3. The third-order valence-electron chi connectivity index (χ3n) is 3.92. The number of oxime groups is 1. The van der Waals surface area contributed by atoms with E-state index in [4.69, 9.17) is 10.6 Å². The fraction of sp³-hybridized carbons (Fsp3) is 0.167. The van der Waals surface area contributed by atoms with Crippen LogP contribution in [0.2, 0.25) is 0 Å². The number of rotatable bonds is 5. The Balaban J connectivity index is 2.24. The van der Waals surface area contributed by atoms with E-state index in [-0.39, 0.29) is 11.5 Å². The second-order valence-electron chi connectivity index (χ2n) is 6.12. The van der Waals surface area contributed by atoms with Gasteiger partial charge in [0.05, 0.1) is 11.0 Å². The third-order valence-corrected chi connectivity index (χ3v) is 5.68. The molecule has 10 heteroatoms. The molecule has 0 unspecified atom stereocenters. The number of anilines is 1. The summed E-state index contributed by atoms with van der Waals surface area (Å²) in [6.45, 7) is 1.24. The summed E-state index contributed by atoms with van der Waals surface area (Å²) in [4.78, 5) is 20.2. The van der Waals surface area contributed by atoms with Crippen molar-refractivity contribution in [3.8, 4) is 0 Å². The molecule has 146 valence electrons. The van der Waals surface area contributed by atoms with E-state index in [0.717, 1.165) is 8.28 Å². The second-order valence-corrected chi connectivity index (χ2v) is 8.11. The standard InChI is InChI=1S/C18H19N5O4S/c1-12(24)27-21-17(13-7-5-4-6-8-13)14-9-10-15-16(11-14)23(18(19)20-15)28(25,26)22(2)3/h4-11H,1-3H3,(H2,19,20)/b21-17-. The molecule has 2 aromatic carbocycles. The molecule has 1 aromatic heterocycles. The van der Waals surface area contributed by atoms with Crippen molar-refractivity contribution in [1.82, 2.24) is 13.3 Å². The number of carbonyl (C=O) groups is 1. The molecule has 0 amide bonds. The Morgan fingerprint density at radius 2 is 1.82 bits per heavy atom. The first kappa shape index (κ1) is 19.5. The van der Waals surface area contributed by atoms with E-state index in [9.17, 15) is 13.2 Å². The predicted molar refractivity (Wildman–Crippen MR) is 106 cm³/mol. The third kappa shape index (κ3) is 3.59. The van der Waals surface area contributed by atoms with Crippen molar-refractivity contribution in [1.29, 1.82) is 0 Å². The molecule has 28 heavy (non-hydrogen) atoms. The highest BCUT2D eigenvalue weighted by atomic mass is 32.2.